The Morgan fingerprint density at radius 1 is 1.10 bits per heavy atom. The molecule has 1 aromatic carbocycles. The number of nitrogens with one attached hydrogen (secondary N) is 1. The molecular weight excluding hydrogens is 246 g/mol. The fourth-order valence-electron chi connectivity index (χ4n) is 2.46. The molecule has 0 aliphatic rings. The van der Waals surface area contributed by atoms with Gasteiger partial charge in [-0.2, -0.15) is 0 Å². The van der Waals surface area contributed by atoms with Crippen LogP contribution in [0.1, 0.15) is 44.7 Å². The molecule has 0 spiro atoms. The summed E-state index contributed by atoms with van der Waals surface area (Å²) in [5, 5.41) is 3.55. The number of benzene rings is 1. The number of unbranched alkanes of at least 4 members (excludes halogenated alkanes) is 1. The van der Waals surface area contributed by atoms with Gasteiger partial charge in [0.25, 0.3) is 0 Å². The number of hydrogen-bond acceptors (Lipinski definition) is 2. The number of rotatable bonds is 7. The largest absolute Gasteiger partial charge is 0.325 e. The van der Waals surface area contributed by atoms with Gasteiger partial charge in [0.15, 0.2) is 0 Å². The summed E-state index contributed by atoms with van der Waals surface area (Å²) in [5.41, 5.74) is 3.95. The van der Waals surface area contributed by atoms with Gasteiger partial charge in [0.2, 0.25) is 5.95 Å². The quantitative estimate of drug-likeness (QED) is 0.800. The first-order valence-electron chi connectivity index (χ1n) is 7.69. The maximum absolute atomic E-state index is 4.47. The van der Waals surface area contributed by atoms with E-state index >= 15 is 0 Å². The van der Waals surface area contributed by atoms with Crippen molar-refractivity contribution < 1.29 is 0 Å². The second kappa shape index (κ2) is 7.13. The highest BCUT2D eigenvalue weighted by molar-refractivity contribution is 5.63. The number of para-hydroxylation sites is 1. The second-order valence-electron chi connectivity index (χ2n) is 5.08. The monoisotopic (exact) mass is 271 g/mol. The van der Waals surface area contributed by atoms with Crippen LogP contribution in [0.25, 0.3) is 0 Å². The standard InChI is InChI=1S/C17H25N3/c1-4-7-12-20-13-11-18-17(20)19-16-14(5-2)9-8-10-15(16)6-3/h8-11,13H,4-7,12H2,1-3H3,(H,18,19). The molecule has 2 aromatic rings. The average Bonchev–Trinajstić information content (AvgIpc) is 2.92. The molecule has 0 bridgehead atoms. The van der Waals surface area contributed by atoms with Crippen LogP contribution >= 0.6 is 0 Å². The Bertz CT molecular complexity index is 521. The molecule has 1 N–H and O–H groups in total. The van der Waals surface area contributed by atoms with Gasteiger partial charge in [-0.3, -0.25) is 0 Å². The molecule has 20 heavy (non-hydrogen) atoms. The zero-order valence-corrected chi connectivity index (χ0v) is 12.8. The van der Waals surface area contributed by atoms with Gasteiger partial charge in [0.1, 0.15) is 0 Å². The van der Waals surface area contributed by atoms with Crippen molar-refractivity contribution in [3.63, 3.8) is 0 Å². The Morgan fingerprint density at radius 2 is 1.80 bits per heavy atom. The third kappa shape index (κ3) is 3.21. The third-order valence-electron chi connectivity index (χ3n) is 3.70. The molecule has 3 heteroatoms. The van der Waals surface area contributed by atoms with Gasteiger partial charge in [0, 0.05) is 24.6 Å². The van der Waals surface area contributed by atoms with Gasteiger partial charge in [-0.1, -0.05) is 45.4 Å². The topological polar surface area (TPSA) is 29.9 Å². The van der Waals surface area contributed by atoms with Crippen LogP contribution in [0.2, 0.25) is 0 Å². The SMILES string of the molecule is CCCCn1ccnc1Nc1c(CC)cccc1CC. The Balaban J connectivity index is 2.27. The summed E-state index contributed by atoms with van der Waals surface area (Å²) < 4.78 is 2.20. The van der Waals surface area contributed by atoms with Crippen LogP contribution in [-0.4, -0.2) is 9.55 Å². The first kappa shape index (κ1) is 14.6. The minimum atomic E-state index is 0.953. The van der Waals surface area contributed by atoms with Crippen molar-refractivity contribution in [3.05, 3.63) is 41.7 Å². The predicted molar refractivity (Wildman–Crippen MR) is 85.6 cm³/mol. The van der Waals surface area contributed by atoms with Gasteiger partial charge in [-0.15, -0.1) is 0 Å². The summed E-state index contributed by atoms with van der Waals surface area (Å²) in [6.45, 7) is 7.63. The first-order valence-corrected chi connectivity index (χ1v) is 7.69. The van der Waals surface area contributed by atoms with Gasteiger partial charge in [0.05, 0.1) is 0 Å². The zero-order chi connectivity index (χ0) is 14.4. The van der Waals surface area contributed by atoms with Gasteiger partial charge < -0.3 is 9.88 Å². The number of aryl methyl sites for hydroxylation is 3. The van der Waals surface area contributed by atoms with Crippen molar-refractivity contribution in [1.82, 2.24) is 9.55 Å². The second-order valence-corrected chi connectivity index (χ2v) is 5.08. The normalized spacial score (nSPS) is 10.8. The molecule has 3 nitrogen and oxygen atoms in total. The van der Waals surface area contributed by atoms with E-state index in [9.17, 15) is 0 Å². The minimum Gasteiger partial charge on any atom is -0.325 e. The lowest BCUT2D eigenvalue weighted by molar-refractivity contribution is 0.637. The summed E-state index contributed by atoms with van der Waals surface area (Å²) in [4.78, 5) is 4.47. The lowest BCUT2D eigenvalue weighted by Crippen LogP contribution is -2.06. The molecule has 0 radical (unpaired) electrons. The average molecular weight is 271 g/mol. The number of hydrogen-bond donors (Lipinski definition) is 1. The molecule has 1 aromatic heterocycles. The molecule has 108 valence electrons. The van der Waals surface area contributed by atoms with E-state index in [4.69, 9.17) is 0 Å². The summed E-state index contributed by atoms with van der Waals surface area (Å²) >= 11 is 0. The van der Waals surface area contributed by atoms with Crippen LogP contribution in [0.4, 0.5) is 11.6 Å². The highest BCUT2D eigenvalue weighted by Crippen LogP contribution is 2.26. The Labute approximate surface area is 122 Å². The van der Waals surface area contributed by atoms with Crippen LogP contribution < -0.4 is 5.32 Å². The van der Waals surface area contributed by atoms with Crippen molar-refractivity contribution in [1.29, 1.82) is 0 Å². The van der Waals surface area contributed by atoms with Crippen molar-refractivity contribution >= 4 is 11.6 Å². The van der Waals surface area contributed by atoms with E-state index in [2.05, 4.69) is 60.0 Å². The fraction of sp³-hybridized carbons (Fsp3) is 0.471. The van der Waals surface area contributed by atoms with E-state index < -0.39 is 0 Å². The number of anilines is 2. The molecular formula is C17H25N3. The molecule has 1 heterocycles. The Hall–Kier alpha value is -1.77. The minimum absolute atomic E-state index is 0.953. The number of imidazole rings is 1. The van der Waals surface area contributed by atoms with E-state index in [0.29, 0.717) is 0 Å². The molecule has 0 saturated carbocycles. The van der Waals surface area contributed by atoms with Crippen LogP contribution in [-0.2, 0) is 19.4 Å². The summed E-state index contributed by atoms with van der Waals surface area (Å²) in [6, 6.07) is 6.54. The zero-order valence-electron chi connectivity index (χ0n) is 12.8. The first-order chi connectivity index (χ1) is 9.80. The molecule has 0 amide bonds. The van der Waals surface area contributed by atoms with E-state index in [1.807, 2.05) is 6.20 Å². The highest BCUT2D eigenvalue weighted by atomic mass is 15.2. The van der Waals surface area contributed by atoms with Crippen LogP contribution in [0, 0.1) is 0 Å². The molecule has 0 atom stereocenters. The van der Waals surface area contributed by atoms with Crippen LogP contribution in [0.3, 0.4) is 0 Å². The summed E-state index contributed by atoms with van der Waals surface area (Å²) in [5.74, 6) is 0.953. The van der Waals surface area contributed by atoms with Gasteiger partial charge in [-0.05, 0) is 30.4 Å². The number of nitrogens with zero attached hydrogens (tertiary/aromatic N) is 2. The maximum Gasteiger partial charge on any atom is 0.207 e. The molecule has 0 aliphatic carbocycles. The fourth-order valence-corrected chi connectivity index (χ4v) is 2.46. The lowest BCUT2D eigenvalue weighted by atomic mass is 10.0. The van der Waals surface area contributed by atoms with Gasteiger partial charge >= 0.3 is 0 Å². The smallest absolute Gasteiger partial charge is 0.207 e. The van der Waals surface area contributed by atoms with E-state index in [1.54, 1.807) is 0 Å². The molecule has 0 aliphatic heterocycles. The van der Waals surface area contributed by atoms with Crippen molar-refractivity contribution in [2.24, 2.45) is 0 Å². The van der Waals surface area contributed by atoms with E-state index in [0.717, 1.165) is 25.3 Å². The Kier molecular flexibility index (Phi) is 5.22. The molecule has 2 rings (SSSR count). The van der Waals surface area contributed by atoms with E-state index in [-0.39, 0.29) is 0 Å². The van der Waals surface area contributed by atoms with Gasteiger partial charge in [-0.25, -0.2) is 4.98 Å². The Morgan fingerprint density at radius 3 is 2.40 bits per heavy atom. The maximum atomic E-state index is 4.47. The predicted octanol–water partition coefficient (Wildman–Crippen LogP) is 4.55. The highest BCUT2D eigenvalue weighted by Gasteiger charge is 2.09. The molecule has 0 fully saturated rings. The lowest BCUT2D eigenvalue weighted by Gasteiger charge is -2.16. The molecule has 0 unspecified atom stereocenters. The van der Waals surface area contributed by atoms with Crippen LogP contribution in [0.5, 0.6) is 0 Å². The summed E-state index contributed by atoms with van der Waals surface area (Å²) in [6.07, 6.45) is 8.37. The van der Waals surface area contributed by atoms with Crippen LogP contribution in [0.15, 0.2) is 30.6 Å². The molecule has 0 saturated heterocycles. The summed E-state index contributed by atoms with van der Waals surface area (Å²) in [7, 11) is 0. The van der Waals surface area contributed by atoms with E-state index in [1.165, 1.54) is 29.7 Å². The van der Waals surface area contributed by atoms with Crippen molar-refractivity contribution in [2.45, 2.75) is 53.0 Å². The third-order valence-corrected chi connectivity index (χ3v) is 3.70. The van der Waals surface area contributed by atoms with Crippen molar-refractivity contribution in [2.75, 3.05) is 5.32 Å². The van der Waals surface area contributed by atoms with Crippen molar-refractivity contribution in [3.8, 4) is 0 Å². The number of aromatic nitrogens is 2.